The highest BCUT2D eigenvalue weighted by Gasteiger charge is 2.20. The summed E-state index contributed by atoms with van der Waals surface area (Å²) >= 11 is 0. The van der Waals surface area contributed by atoms with Gasteiger partial charge < -0.3 is 10.1 Å². The maximum Gasteiger partial charge on any atom is 0.134 e. The topological polar surface area (TPSA) is 47.0 Å². The number of aryl methyl sites for hydroxylation is 1. The second-order valence-corrected chi connectivity index (χ2v) is 4.56. The van der Waals surface area contributed by atoms with Gasteiger partial charge in [-0.3, -0.25) is 0 Å². The number of hydrogen-bond acceptors (Lipinski definition) is 4. The Hall–Kier alpha value is -1.16. The minimum absolute atomic E-state index is 0.459. The van der Waals surface area contributed by atoms with Crippen molar-refractivity contribution >= 4 is 5.82 Å². The lowest BCUT2D eigenvalue weighted by Gasteiger charge is -2.22. The van der Waals surface area contributed by atoms with E-state index >= 15 is 0 Å². The third-order valence-corrected chi connectivity index (χ3v) is 3.34. The number of nitrogens with one attached hydrogen (secondary N) is 1. The monoisotopic (exact) mass is 235 g/mol. The van der Waals surface area contributed by atoms with Crippen LogP contribution in [-0.2, 0) is 4.74 Å². The molecule has 0 amide bonds. The van der Waals surface area contributed by atoms with Crippen LogP contribution >= 0.6 is 0 Å². The first kappa shape index (κ1) is 12.3. The molecule has 1 aromatic heterocycles. The molecule has 0 bridgehead atoms. The van der Waals surface area contributed by atoms with E-state index in [0.717, 1.165) is 55.5 Å². The highest BCUT2D eigenvalue weighted by atomic mass is 16.5. The van der Waals surface area contributed by atoms with Crippen molar-refractivity contribution in [3.05, 3.63) is 17.1 Å². The lowest BCUT2D eigenvalue weighted by molar-refractivity contribution is 0.0835. The van der Waals surface area contributed by atoms with Crippen LogP contribution in [0.3, 0.4) is 0 Å². The quantitative estimate of drug-likeness (QED) is 0.874. The number of rotatable bonds is 3. The van der Waals surface area contributed by atoms with Crippen LogP contribution in [0.15, 0.2) is 0 Å². The third kappa shape index (κ3) is 2.75. The van der Waals surface area contributed by atoms with Gasteiger partial charge in [0.2, 0.25) is 0 Å². The second kappa shape index (κ2) is 5.45. The molecule has 1 aliphatic heterocycles. The molecule has 1 N–H and O–H groups in total. The zero-order valence-electron chi connectivity index (χ0n) is 10.9. The Morgan fingerprint density at radius 3 is 2.59 bits per heavy atom. The van der Waals surface area contributed by atoms with Crippen LogP contribution in [0.25, 0.3) is 0 Å². The zero-order chi connectivity index (χ0) is 12.3. The molecule has 2 rings (SSSR count). The predicted octanol–water partition coefficient (Wildman–Crippen LogP) is 2.42. The molecule has 17 heavy (non-hydrogen) atoms. The van der Waals surface area contributed by atoms with Crippen LogP contribution in [0.2, 0.25) is 0 Å². The Morgan fingerprint density at radius 2 is 1.94 bits per heavy atom. The molecule has 4 heteroatoms. The summed E-state index contributed by atoms with van der Waals surface area (Å²) in [5, 5.41) is 3.31. The minimum atomic E-state index is 0.459. The van der Waals surface area contributed by atoms with Crippen molar-refractivity contribution in [1.29, 1.82) is 0 Å². The van der Waals surface area contributed by atoms with Crippen molar-refractivity contribution in [1.82, 2.24) is 9.97 Å². The molecule has 0 radical (unpaired) electrons. The Kier molecular flexibility index (Phi) is 3.94. The van der Waals surface area contributed by atoms with Crippen LogP contribution in [0, 0.1) is 13.8 Å². The van der Waals surface area contributed by atoms with E-state index in [1.807, 2.05) is 0 Å². The SMILES string of the molecule is CCNc1nc(C2CCOCC2)nc(C)c1C. The van der Waals surface area contributed by atoms with E-state index in [4.69, 9.17) is 4.74 Å². The van der Waals surface area contributed by atoms with Crippen LogP contribution in [0.1, 0.15) is 42.8 Å². The molecule has 2 heterocycles. The van der Waals surface area contributed by atoms with Gasteiger partial charge in [-0.05, 0) is 33.6 Å². The van der Waals surface area contributed by atoms with Gasteiger partial charge in [0, 0.05) is 36.9 Å². The van der Waals surface area contributed by atoms with Crippen molar-refractivity contribution in [3.8, 4) is 0 Å². The van der Waals surface area contributed by atoms with Gasteiger partial charge in [-0.1, -0.05) is 0 Å². The maximum absolute atomic E-state index is 5.38. The van der Waals surface area contributed by atoms with Gasteiger partial charge in [0.15, 0.2) is 0 Å². The summed E-state index contributed by atoms with van der Waals surface area (Å²) in [5.41, 5.74) is 2.24. The van der Waals surface area contributed by atoms with Gasteiger partial charge in [0.1, 0.15) is 11.6 Å². The maximum atomic E-state index is 5.38. The van der Waals surface area contributed by atoms with Gasteiger partial charge in [0.05, 0.1) is 0 Å². The summed E-state index contributed by atoms with van der Waals surface area (Å²) in [4.78, 5) is 9.30. The summed E-state index contributed by atoms with van der Waals surface area (Å²) in [7, 11) is 0. The van der Waals surface area contributed by atoms with Crippen LogP contribution in [0.5, 0.6) is 0 Å². The Balaban J connectivity index is 2.27. The molecule has 1 aromatic rings. The number of hydrogen-bond donors (Lipinski definition) is 1. The molecule has 0 spiro atoms. The first-order valence-electron chi connectivity index (χ1n) is 6.39. The molecular formula is C13H21N3O. The molecule has 0 aromatic carbocycles. The lowest BCUT2D eigenvalue weighted by Crippen LogP contribution is -2.18. The van der Waals surface area contributed by atoms with Gasteiger partial charge >= 0.3 is 0 Å². The van der Waals surface area contributed by atoms with Gasteiger partial charge in [-0.2, -0.15) is 0 Å². The normalized spacial score (nSPS) is 17.1. The molecule has 1 saturated heterocycles. The fraction of sp³-hybridized carbons (Fsp3) is 0.692. The van der Waals surface area contributed by atoms with E-state index in [1.54, 1.807) is 0 Å². The highest BCUT2D eigenvalue weighted by Crippen LogP contribution is 2.26. The van der Waals surface area contributed by atoms with Gasteiger partial charge in [-0.25, -0.2) is 9.97 Å². The highest BCUT2D eigenvalue weighted by molar-refractivity contribution is 5.45. The van der Waals surface area contributed by atoms with Crippen molar-refractivity contribution in [2.75, 3.05) is 25.1 Å². The second-order valence-electron chi connectivity index (χ2n) is 4.56. The van der Waals surface area contributed by atoms with Crippen molar-refractivity contribution < 1.29 is 4.74 Å². The molecule has 1 fully saturated rings. The molecule has 0 saturated carbocycles. The largest absolute Gasteiger partial charge is 0.381 e. The lowest BCUT2D eigenvalue weighted by atomic mass is 9.99. The number of ether oxygens (including phenoxy) is 1. The zero-order valence-corrected chi connectivity index (χ0v) is 10.9. The van der Waals surface area contributed by atoms with Crippen LogP contribution in [-0.4, -0.2) is 29.7 Å². The summed E-state index contributed by atoms with van der Waals surface area (Å²) in [6, 6.07) is 0. The summed E-state index contributed by atoms with van der Waals surface area (Å²) in [6.45, 7) is 8.77. The number of nitrogens with zero attached hydrogens (tertiary/aromatic N) is 2. The Labute approximate surface area is 103 Å². The predicted molar refractivity (Wildman–Crippen MR) is 68.5 cm³/mol. The van der Waals surface area contributed by atoms with Gasteiger partial charge in [-0.15, -0.1) is 0 Å². The average Bonchev–Trinajstić information content (AvgIpc) is 2.36. The molecule has 1 aliphatic rings. The van der Waals surface area contributed by atoms with E-state index in [1.165, 1.54) is 0 Å². The minimum Gasteiger partial charge on any atom is -0.381 e. The first-order valence-corrected chi connectivity index (χ1v) is 6.39. The van der Waals surface area contributed by atoms with Gasteiger partial charge in [0.25, 0.3) is 0 Å². The fourth-order valence-electron chi connectivity index (χ4n) is 2.13. The number of anilines is 1. The summed E-state index contributed by atoms with van der Waals surface area (Å²) in [6.07, 6.45) is 2.07. The first-order chi connectivity index (χ1) is 8.22. The third-order valence-electron chi connectivity index (χ3n) is 3.34. The average molecular weight is 235 g/mol. The molecular weight excluding hydrogens is 214 g/mol. The van der Waals surface area contributed by atoms with Crippen LogP contribution in [0.4, 0.5) is 5.82 Å². The fourth-order valence-corrected chi connectivity index (χ4v) is 2.13. The Morgan fingerprint density at radius 1 is 1.24 bits per heavy atom. The smallest absolute Gasteiger partial charge is 0.134 e. The van der Waals surface area contributed by atoms with E-state index in [2.05, 4.69) is 36.1 Å². The molecule has 0 unspecified atom stereocenters. The van der Waals surface area contributed by atoms with E-state index in [-0.39, 0.29) is 0 Å². The van der Waals surface area contributed by atoms with Crippen molar-refractivity contribution in [3.63, 3.8) is 0 Å². The Bertz CT molecular complexity index is 386. The molecule has 0 aliphatic carbocycles. The molecule has 4 nitrogen and oxygen atoms in total. The summed E-state index contributed by atoms with van der Waals surface area (Å²) in [5.74, 6) is 2.43. The summed E-state index contributed by atoms with van der Waals surface area (Å²) < 4.78 is 5.38. The molecule has 94 valence electrons. The van der Waals surface area contributed by atoms with E-state index < -0.39 is 0 Å². The standard InChI is InChI=1S/C13H21N3O/c1-4-14-12-9(2)10(3)15-13(16-12)11-5-7-17-8-6-11/h11H,4-8H2,1-3H3,(H,14,15,16). The van der Waals surface area contributed by atoms with E-state index in [0.29, 0.717) is 5.92 Å². The van der Waals surface area contributed by atoms with Crippen LogP contribution < -0.4 is 5.32 Å². The van der Waals surface area contributed by atoms with E-state index in [9.17, 15) is 0 Å². The number of aromatic nitrogens is 2. The molecule has 0 atom stereocenters. The van der Waals surface area contributed by atoms with Crippen molar-refractivity contribution in [2.45, 2.75) is 39.5 Å². The van der Waals surface area contributed by atoms with Crippen molar-refractivity contribution in [2.24, 2.45) is 0 Å².